The number of rotatable bonds is 3. The van der Waals surface area contributed by atoms with Gasteiger partial charge in [0.15, 0.2) is 0 Å². The number of aromatic nitrogens is 1. The van der Waals surface area contributed by atoms with Gasteiger partial charge in [-0.1, -0.05) is 0 Å². The lowest BCUT2D eigenvalue weighted by atomic mass is 10.1. The highest BCUT2D eigenvalue weighted by molar-refractivity contribution is 7.99. The highest BCUT2D eigenvalue weighted by Crippen LogP contribution is 2.20. The second kappa shape index (κ2) is 5.30. The molecule has 0 saturated carbocycles. The number of hydrogen-bond donors (Lipinski definition) is 1. The molecule has 3 nitrogen and oxygen atoms in total. The van der Waals surface area contributed by atoms with Gasteiger partial charge in [-0.2, -0.15) is 11.8 Å². The highest BCUT2D eigenvalue weighted by atomic mass is 32.2. The van der Waals surface area contributed by atoms with Crippen molar-refractivity contribution < 1.29 is 5.11 Å². The molecule has 1 aromatic rings. The molecule has 0 bridgehead atoms. The Balaban J connectivity index is 1.91. The van der Waals surface area contributed by atoms with E-state index in [9.17, 15) is 5.11 Å². The van der Waals surface area contributed by atoms with Gasteiger partial charge in [0.2, 0.25) is 0 Å². The van der Waals surface area contributed by atoms with Crippen LogP contribution in [0.25, 0.3) is 0 Å². The Kier molecular flexibility index (Phi) is 4.02. The van der Waals surface area contributed by atoms with E-state index >= 15 is 0 Å². The van der Waals surface area contributed by atoms with Crippen molar-refractivity contribution in [3.63, 3.8) is 0 Å². The van der Waals surface area contributed by atoms with Crippen LogP contribution in [0.4, 0.5) is 0 Å². The van der Waals surface area contributed by atoms with E-state index in [1.165, 1.54) is 5.75 Å². The minimum atomic E-state index is -0.283. The molecule has 1 saturated heterocycles. The van der Waals surface area contributed by atoms with E-state index in [4.69, 9.17) is 0 Å². The van der Waals surface area contributed by atoms with Crippen molar-refractivity contribution in [2.75, 3.05) is 25.1 Å². The van der Waals surface area contributed by atoms with Crippen LogP contribution >= 0.6 is 23.1 Å². The highest BCUT2D eigenvalue weighted by Gasteiger charge is 2.26. The molecule has 1 aromatic heterocycles. The molecule has 1 aliphatic rings. The Hall–Kier alpha value is -0.100. The zero-order chi connectivity index (χ0) is 10.7. The summed E-state index contributed by atoms with van der Waals surface area (Å²) < 4.78 is 0. The summed E-state index contributed by atoms with van der Waals surface area (Å²) in [5, 5.41) is 13.1. The number of hydrogen-bond acceptors (Lipinski definition) is 5. The average Bonchev–Trinajstić information content (AvgIpc) is 2.71. The number of nitrogens with zero attached hydrogens (tertiary/aromatic N) is 2. The standard InChI is InChI=1S/C10H16N2OS2/c1-12-3-5-14-7-8(12)9(13)6-10-11-2-4-15-10/h2,4,8-9,13H,3,5-7H2,1H3. The van der Waals surface area contributed by atoms with Crippen LogP contribution in [0.5, 0.6) is 0 Å². The van der Waals surface area contributed by atoms with Crippen molar-refractivity contribution in [3.8, 4) is 0 Å². The van der Waals surface area contributed by atoms with Gasteiger partial charge in [-0.15, -0.1) is 11.3 Å². The molecule has 84 valence electrons. The molecule has 0 radical (unpaired) electrons. The zero-order valence-corrected chi connectivity index (χ0v) is 10.4. The molecule has 0 aliphatic carbocycles. The SMILES string of the molecule is CN1CCSCC1C(O)Cc1nccs1. The van der Waals surface area contributed by atoms with Gasteiger partial charge in [0.05, 0.1) is 11.1 Å². The topological polar surface area (TPSA) is 36.4 Å². The maximum Gasteiger partial charge on any atom is 0.0951 e. The van der Waals surface area contributed by atoms with Crippen LogP contribution in [0, 0.1) is 0 Å². The van der Waals surface area contributed by atoms with Crippen molar-refractivity contribution in [3.05, 3.63) is 16.6 Å². The van der Waals surface area contributed by atoms with Gasteiger partial charge in [-0.3, -0.25) is 4.90 Å². The first-order valence-electron chi connectivity index (χ1n) is 5.12. The molecule has 0 spiro atoms. The van der Waals surface area contributed by atoms with E-state index in [2.05, 4.69) is 16.9 Å². The third kappa shape index (κ3) is 2.93. The summed E-state index contributed by atoms with van der Waals surface area (Å²) in [5.41, 5.74) is 0. The van der Waals surface area contributed by atoms with Gasteiger partial charge in [-0.25, -0.2) is 4.98 Å². The van der Waals surface area contributed by atoms with Gasteiger partial charge in [0.25, 0.3) is 0 Å². The lowest BCUT2D eigenvalue weighted by Crippen LogP contribution is -2.47. The first-order chi connectivity index (χ1) is 7.27. The maximum absolute atomic E-state index is 10.1. The first kappa shape index (κ1) is 11.4. The largest absolute Gasteiger partial charge is 0.391 e. The molecule has 15 heavy (non-hydrogen) atoms. The molecule has 2 heterocycles. The molecule has 2 unspecified atom stereocenters. The summed E-state index contributed by atoms with van der Waals surface area (Å²) in [6.07, 6.45) is 2.20. The molecule has 5 heteroatoms. The molecule has 1 fully saturated rings. The van der Waals surface area contributed by atoms with E-state index in [-0.39, 0.29) is 12.1 Å². The van der Waals surface area contributed by atoms with Gasteiger partial charge in [0.1, 0.15) is 0 Å². The summed E-state index contributed by atoms with van der Waals surface area (Å²) in [5.74, 6) is 2.21. The van der Waals surface area contributed by atoms with Gasteiger partial charge < -0.3 is 5.11 Å². The Morgan fingerprint density at radius 2 is 2.60 bits per heavy atom. The van der Waals surface area contributed by atoms with Crippen molar-refractivity contribution in [2.24, 2.45) is 0 Å². The van der Waals surface area contributed by atoms with E-state index in [1.807, 2.05) is 17.1 Å². The first-order valence-corrected chi connectivity index (χ1v) is 7.15. The molecular weight excluding hydrogens is 228 g/mol. The lowest BCUT2D eigenvalue weighted by Gasteiger charge is -2.35. The molecule has 0 aromatic carbocycles. The second-order valence-electron chi connectivity index (χ2n) is 3.82. The van der Waals surface area contributed by atoms with Crippen LogP contribution in [0.2, 0.25) is 0 Å². The second-order valence-corrected chi connectivity index (χ2v) is 5.95. The maximum atomic E-state index is 10.1. The Labute approximate surface area is 98.5 Å². The van der Waals surface area contributed by atoms with Crippen molar-refractivity contribution in [1.29, 1.82) is 0 Å². The van der Waals surface area contributed by atoms with E-state index in [1.54, 1.807) is 17.5 Å². The van der Waals surface area contributed by atoms with Crippen LogP contribution in [-0.2, 0) is 6.42 Å². The Bertz CT molecular complexity index is 292. The van der Waals surface area contributed by atoms with Gasteiger partial charge in [0, 0.05) is 42.1 Å². The minimum absolute atomic E-state index is 0.283. The Morgan fingerprint density at radius 1 is 1.73 bits per heavy atom. The number of aliphatic hydroxyl groups is 1. The van der Waals surface area contributed by atoms with Crippen molar-refractivity contribution in [2.45, 2.75) is 18.6 Å². The summed E-state index contributed by atoms with van der Waals surface area (Å²) in [6, 6.07) is 0.285. The quantitative estimate of drug-likeness (QED) is 0.863. The van der Waals surface area contributed by atoms with Crippen molar-refractivity contribution in [1.82, 2.24) is 9.88 Å². The molecular formula is C10H16N2OS2. The third-order valence-electron chi connectivity index (χ3n) is 2.75. The summed E-state index contributed by atoms with van der Waals surface area (Å²) in [7, 11) is 2.09. The van der Waals surface area contributed by atoms with Crippen molar-refractivity contribution >= 4 is 23.1 Å². The van der Waals surface area contributed by atoms with Gasteiger partial charge >= 0.3 is 0 Å². The number of aliphatic hydroxyl groups excluding tert-OH is 1. The lowest BCUT2D eigenvalue weighted by molar-refractivity contribution is 0.0763. The molecule has 0 amide bonds. The fourth-order valence-corrected chi connectivity index (χ4v) is 3.75. The van der Waals surface area contributed by atoms with Crippen LogP contribution in [0.15, 0.2) is 11.6 Å². The van der Waals surface area contributed by atoms with E-state index in [0.29, 0.717) is 6.42 Å². The van der Waals surface area contributed by atoms with Crippen LogP contribution in [0.3, 0.4) is 0 Å². The van der Waals surface area contributed by atoms with Crippen LogP contribution < -0.4 is 0 Å². The molecule has 2 rings (SSSR count). The van der Waals surface area contributed by atoms with E-state index < -0.39 is 0 Å². The fourth-order valence-electron chi connectivity index (χ4n) is 1.78. The zero-order valence-electron chi connectivity index (χ0n) is 8.80. The monoisotopic (exact) mass is 244 g/mol. The smallest absolute Gasteiger partial charge is 0.0951 e. The van der Waals surface area contributed by atoms with E-state index in [0.717, 1.165) is 17.3 Å². The molecule has 1 aliphatic heterocycles. The molecule has 1 N–H and O–H groups in total. The number of thiazole rings is 1. The molecule has 2 atom stereocenters. The number of thioether (sulfide) groups is 1. The fraction of sp³-hybridized carbons (Fsp3) is 0.700. The summed E-state index contributed by atoms with van der Waals surface area (Å²) in [6.45, 7) is 1.07. The normalized spacial score (nSPS) is 25.3. The minimum Gasteiger partial charge on any atom is -0.391 e. The number of likely N-dealkylation sites (N-methyl/N-ethyl adjacent to an activating group) is 1. The predicted octanol–water partition coefficient (Wildman–Crippen LogP) is 1.09. The van der Waals surface area contributed by atoms with Crippen LogP contribution in [-0.4, -0.2) is 52.2 Å². The summed E-state index contributed by atoms with van der Waals surface area (Å²) >= 11 is 3.55. The Morgan fingerprint density at radius 3 is 3.27 bits per heavy atom. The third-order valence-corrected chi connectivity index (χ3v) is 4.60. The summed E-state index contributed by atoms with van der Waals surface area (Å²) in [4.78, 5) is 6.47. The predicted molar refractivity (Wildman–Crippen MR) is 65.6 cm³/mol. The average molecular weight is 244 g/mol. The van der Waals surface area contributed by atoms with Gasteiger partial charge in [-0.05, 0) is 7.05 Å². The van der Waals surface area contributed by atoms with Crippen LogP contribution in [0.1, 0.15) is 5.01 Å².